The molecule has 9 nitrogen and oxygen atoms in total. The molecule has 2 atom stereocenters. The summed E-state index contributed by atoms with van der Waals surface area (Å²) in [6.07, 6.45) is 0. The Kier molecular flexibility index (Phi) is 9.78. The number of alkyl halides is 3. The van der Waals surface area contributed by atoms with Crippen molar-refractivity contribution in [2.24, 2.45) is 0 Å². The first-order valence-electron chi connectivity index (χ1n) is 11.2. The second-order valence-electron chi connectivity index (χ2n) is 8.00. The van der Waals surface area contributed by atoms with Crippen LogP contribution in [0.1, 0.15) is 6.92 Å². The number of likely N-dealkylation sites (tertiary alicyclic amines) is 1. The molecule has 0 aliphatic carbocycles. The number of β-lactam (4-membered cyclic amide) rings is 1. The maximum absolute atomic E-state index is 13.2. The van der Waals surface area contributed by atoms with E-state index in [0.717, 1.165) is 15.1 Å². The quantitative estimate of drug-likeness (QED) is 0.0737. The first-order valence-corrected chi connectivity index (χ1v) is 15.3. The topological polar surface area (TPSA) is 118 Å². The number of rotatable bonds is 10. The number of ether oxygens (including phenoxy) is 2. The van der Waals surface area contributed by atoms with Crippen LogP contribution in [0, 0.1) is 0 Å². The summed E-state index contributed by atoms with van der Waals surface area (Å²) in [4.78, 5) is 44.2. The zero-order valence-electron chi connectivity index (χ0n) is 20.0. The molecule has 0 spiro atoms. The van der Waals surface area contributed by atoms with Crippen LogP contribution in [0.2, 0.25) is 0 Å². The molecule has 1 saturated heterocycles. The van der Waals surface area contributed by atoms with Crippen LogP contribution < -0.4 is 10.1 Å². The SMILES string of the molecule is C/C(O)=C(\C(=O)OCC(Cl)(Cl)Cl)N1C(=O)C(NC(=O)COc2ccccc2)C1SSc1nc2ccccc2s1. The van der Waals surface area contributed by atoms with Crippen molar-refractivity contribution in [2.75, 3.05) is 13.2 Å². The molecule has 2 N–H and O–H groups in total. The van der Waals surface area contributed by atoms with Gasteiger partial charge in [-0.3, -0.25) is 14.5 Å². The van der Waals surface area contributed by atoms with E-state index in [1.807, 2.05) is 30.3 Å². The standard InChI is InChI=1S/C24H20Cl3N3O6S3/c1-13(31)19(22(34)36-12-24(25,26)27)30-20(33)18(29-17(32)11-35-14-7-3-2-4-8-14)21(30)38-39-23-28-15-9-5-6-10-16(15)37-23/h2-10,18,21,31H,11-12H2,1H3,(H,29,32)/b19-13-. The van der Waals surface area contributed by atoms with Gasteiger partial charge in [0.25, 0.3) is 11.8 Å². The van der Waals surface area contributed by atoms with Gasteiger partial charge < -0.3 is 19.9 Å². The van der Waals surface area contributed by atoms with Crippen LogP contribution in [0.4, 0.5) is 0 Å². The van der Waals surface area contributed by atoms with Gasteiger partial charge in [-0.05, 0) is 42.0 Å². The average molecular weight is 649 g/mol. The highest BCUT2D eigenvalue weighted by atomic mass is 35.6. The predicted octanol–water partition coefficient (Wildman–Crippen LogP) is 5.47. The summed E-state index contributed by atoms with van der Waals surface area (Å²) in [5.41, 5.74) is 0.389. The maximum atomic E-state index is 13.2. The van der Waals surface area contributed by atoms with E-state index in [0.29, 0.717) is 10.1 Å². The molecule has 3 aromatic rings. The normalized spacial score (nSPS) is 17.8. The number of nitrogens with zero attached hydrogens (tertiary/aromatic N) is 2. The lowest BCUT2D eigenvalue weighted by atomic mass is 10.1. The summed E-state index contributed by atoms with van der Waals surface area (Å²) in [5, 5.41) is 12.1. The lowest BCUT2D eigenvalue weighted by Crippen LogP contribution is -2.69. The molecular formula is C24H20Cl3N3O6S3. The third-order valence-electron chi connectivity index (χ3n) is 5.11. The van der Waals surface area contributed by atoms with E-state index in [-0.39, 0.29) is 6.61 Å². The van der Waals surface area contributed by atoms with Crippen molar-refractivity contribution in [3.05, 3.63) is 66.1 Å². The second-order valence-corrected chi connectivity index (χ2v) is 14.1. The summed E-state index contributed by atoms with van der Waals surface area (Å²) in [7, 11) is 2.44. The smallest absolute Gasteiger partial charge is 0.358 e. The third-order valence-corrected chi connectivity index (χ3v) is 9.45. The van der Waals surface area contributed by atoms with E-state index in [2.05, 4.69) is 10.3 Å². The first-order chi connectivity index (χ1) is 18.5. The summed E-state index contributed by atoms with van der Waals surface area (Å²) in [5.74, 6) is -2.24. The number of aliphatic hydroxyl groups excluding tert-OH is 1. The number of hydrogen-bond donors (Lipinski definition) is 2. The molecule has 2 heterocycles. The van der Waals surface area contributed by atoms with Crippen molar-refractivity contribution < 1.29 is 29.0 Å². The van der Waals surface area contributed by atoms with E-state index in [9.17, 15) is 19.5 Å². The van der Waals surface area contributed by atoms with Gasteiger partial charge in [0.05, 0.1) is 10.2 Å². The molecule has 1 fully saturated rings. The van der Waals surface area contributed by atoms with E-state index in [1.165, 1.54) is 39.8 Å². The number of carbonyl (C=O) groups excluding carboxylic acids is 3. The Hall–Kier alpha value is -2.35. The monoisotopic (exact) mass is 647 g/mol. The molecule has 2 amide bonds. The van der Waals surface area contributed by atoms with Crippen molar-refractivity contribution in [3.8, 4) is 5.75 Å². The van der Waals surface area contributed by atoms with E-state index < -0.39 is 51.1 Å². The summed E-state index contributed by atoms with van der Waals surface area (Å²) in [6.45, 7) is 0.287. The molecule has 39 heavy (non-hydrogen) atoms. The van der Waals surface area contributed by atoms with Gasteiger partial charge in [0, 0.05) is 0 Å². The summed E-state index contributed by atoms with van der Waals surface area (Å²) in [6, 6.07) is 15.3. The van der Waals surface area contributed by atoms with Crippen molar-refractivity contribution in [1.82, 2.24) is 15.2 Å². The van der Waals surface area contributed by atoms with Gasteiger partial charge in [-0.25, -0.2) is 9.78 Å². The molecule has 206 valence electrons. The van der Waals surface area contributed by atoms with Crippen LogP contribution in [0.15, 0.2) is 70.4 Å². The van der Waals surface area contributed by atoms with Gasteiger partial charge in [0.15, 0.2) is 16.6 Å². The van der Waals surface area contributed by atoms with Gasteiger partial charge in [-0.2, -0.15) is 0 Å². The lowest BCUT2D eigenvalue weighted by molar-refractivity contribution is -0.153. The summed E-state index contributed by atoms with van der Waals surface area (Å²) < 4.78 is 10.3. The minimum absolute atomic E-state index is 0.330. The number of thiazole rings is 1. The number of hydrogen-bond acceptors (Lipinski definition) is 10. The molecule has 2 unspecified atom stereocenters. The fraction of sp³-hybridized carbons (Fsp3) is 0.250. The molecule has 2 aromatic carbocycles. The zero-order valence-corrected chi connectivity index (χ0v) is 24.7. The molecule has 15 heteroatoms. The number of nitrogens with one attached hydrogen (secondary N) is 1. The fourth-order valence-electron chi connectivity index (χ4n) is 3.43. The Morgan fingerprint density at radius 2 is 1.85 bits per heavy atom. The Bertz CT molecular complexity index is 1360. The lowest BCUT2D eigenvalue weighted by Gasteiger charge is -2.46. The Morgan fingerprint density at radius 1 is 1.15 bits per heavy atom. The van der Waals surface area contributed by atoms with Crippen molar-refractivity contribution in [1.29, 1.82) is 0 Å². The fourth-order valence-corrected chi connectivity index (χ4v) is 7.51. The Balaban J connectivity index is 1.51. The van der Waals surface area contributed by atoms with Crippen LogP contribution >= 0.6 is 67.7 Å². The molecule has 0 radical (unpaired) electrons. The number of esters is 1. The second kappa shape index (κ2) is 12.9. The summed E-state index contributed by atoms with van der Waals surface area (Å²) >= 11 is 18.5. The third kappa shape index (κ3) is 7.65. The van der Waals surface area contributed by atoms with E-state index in [1.54, 1.807) is 24.3 Å². The van der Waals surface area contributed by atoms with Crippen LogP contribution in [0.25, 0.3) is 10.2 Å². The van der Waals surface area contributed by atoms with Crippen molar-refractivity contribution in [3.63, 3.8) is 0 Å². The largest absolute Gasteiger partial charge is 0.510 e. The number of para-hydroxylation sites is 2. The molecular weight excluding hydrogens is 629 g/mol. The minimum Gasteiger partial charge on any atom is -0.510 e. The molecule has 1 aliphatic heterocycles. The van der Waals surface area contributed by atoms with Crippen LogP contribution in [0.3, 0.4) is 0 Å². The van der Waals surface area contributed by atoms with Crippen LogP contribution in [0.5, 0.6) is 5.75 Å². The van der Waals surface area contributed by atoms with Gasteiger partial charge >= 0.3 is 5.97 Å². The van der Waals surface area contributed by atoms with Gasteiger partial charge in [-0.15, -0.1) is 11.3 Å². The molecule has 0 saturated carbocycles. The minimum atomic E-state index is -1.89. The number of allylic oxidation sites excluding steroid dienone is 1. The molecule has 0 bridgehead atoms. The Morgan fingerprint density at radius 3 is 2.51 bits per heavy atom. The molecule has 1 aromatic heterocycles. The van der Waals surface area contributed by atoms with Crippen molar-refractivity contribution in [2.45, 2.75) is 26.5 Å². The maximum Gasteiger partial charge on any atom is 0.358 e. The Labute approximate surface area is 250 Å². The van der Waals surface area contributed by atoms with Crippen molar-refractivity contribution >= 4 is 95.7 Å². The number of carbonyl (C=O) groups is 3. The van der Waals surface area contributed by atoms with E-state index >= 15 is 0 Å². The predicted molar refractivity (Wildman–Crippen MR) is 154 cm³/mol. The number of aromatic nitrogens is 1. The van der Waals surface area contributed by atoms with Crippen LogP contribution in [-0.4, -0.2) is 61.2 Å². The van der Waals surface area contributed by atoms with Crippen LogP contribution in [-0.2, 0) is 19.1 Å². The highest BCUT2D eigenvalue weighted by Crippen LogP contribution is 2.45. The number of amides is 2. The average Bonchev–Trinajstić information content (AvgIpc) is 3.32. The number of fused-ring (bicyclic) bond motifs is 1. The highest BCUT2D eigenvalue weighted by molar-refractivity contribution is 8.77. The van der Waals surface area contributed by atoms with Gasteiger partial charge in [0.2, 0.25) is 3.79 Å². The first kappa shape index (κ1) is 29.6. The highest BCUT2D eigenvalue weighted by Gasteiger charge is 2.53. The van der Waals surface area contributed by atoms with Gasteiger partial charge in [-0.1, -0.05) is 75.9 Å². The molecule has 4 rings (SSSR count). The van der Waals surface area contributed by atoms with Gasteiger partial charge in [0.1, 0.15) is 29.5 Å². The molecule has 1 aliphatic rings. The van der Waals surface area contributed by atoms with E-state index in [4.69, 9.17) is 44.3 Å². The number of aliphatic hydroxyl groups is 1. The number of benzene rings is 2. The zero-order chi connectivity index (χ0) is 28.2. The number of halogens is 3.